The molecule has 1 heterocycles. The first kappa shape index (κ1) is 10.3. The molecule has 1 saturated heterocycles. The molecule has 1 N–H and O–H groups in total. The first-order valence-electron chi connectivity index (χ1n) is 6.37. The molecule has 1 aromatic carbocycles. The maximum atomic E-state index is 5.90. The van der Waals surface area contributed by atoms with Crippen molar-refractivity contribution in [2.75, 3.05) is 6.54 Å². The predicted octanol–water partition coefficient (Wildman–Crippen LogP) is 3.01. The second kappa shape index (κ2) is 4.19. The van der Waals surface area contributed by atoms with Crippen LogP contribution in [0.2, 0.25) is 0 Å². The lowest BCUT2D eigenvalue weighted by molar-refractivity contribution is -0.0883. The molecule has 1 saturated carbocycles. The minimum atomic E-state index is 0.0829. The molecular formula is C14H19NO. The van der Waals surface area contributed by atoms with Crippen LogP contribution in [0.3, 0.4) is 0 Å². The van der Waals surface area contributed by atoms with Crippen LogP contribution in [0.25, 0.3) is 0 Å². The number of hydroxylamine groups is 1. The van der Waals surface area contributed by atoms with Gasteiger partial charge in [0.1, 0.15) is 0 Å². The van der Waals surface area contributed by atoms with E-state index < -0.39 is 0 Å². The summed E-state index contributed by atoms with van der Waals surface area (Å²) < 4.78 is 0. The van der Waals surface area contributed by atoms with Crippen molar-refractivity contribution in [1.29, 1.82) is 0 Å². The molecule has 3 rings (SSSR count). The highest BCUT2D eigenvalue weighted by Gasteiger charge is 2.45. The summed E-state index contributed by atoms with van der Waals surface area (Å²) in [4.78, 5) is 5.90. The number of nitrogens with one attached hydrogen (secondary N) is 1. The van der Waals surface area contributed by atoms with Crippen molar-refractivity contribution in [1.82, 2.24) is 5.48 Å². The SMILES string of the molecule is c1ccc(C2CCCCC23CCNO3)cc1. The van der Waals surface area contributed by atoms with E-state index in [-0.39, 0.29) is 5.60 Å². The maximum absolute atomic E-state index is 5.90. The molecule has 1 aliphatic heterocycles. The third-order valence-corrected chi connectivity index (χ3v) is 4.11. The molecule has 1 aliphatic carbocycles. The van der Waals surface area contributed by atoms with Crippen molar-refractivity contribution < 1.29 is 4.84 Å². The Hall–Kier alpha value is -0.860. The van der Waals surface area contributed by atoms with Gasteiger partial charge in [-0.2, -0.15) is 0 Å². The zero-order valence-electron chi connectivity index (χ0n) is 9.61. The minimum absolute atomic E-state index is 0.0829. The normalized spacial score (nSPS) is 34.4. The first-order chi connectivity index (χ1) is 7.91. The molecule has 2 aliphatic rings. The smallest absolute Gasteiger partial charge is 0.0977 e. The van der Waals surface area contributed by atoms with Gasteiger partial charge in [0.25, 0.3) is 0 Å². The third-order valence-electron chi connectivity index (χ3n) is 4.11. The van der Waals surface area contributed by atoms with Gasteiger partial charge in [-0.05, 0) is 24.8 Å². The first-order valence-corrected chi connectivity index (χ1v) is 6.37. The van der Waals surface area contributed by atoms with Crippen LogP contribution < -0.4 is 5.48 Å². The van der Waals surface area contributed by atoms with E-state index in [9.17, 15) is 0 Å². The Morgan fingerprint density at radius 3 is 2.75 bits per heavy atom. The average Bonchev–Trinajstić information content (AvgIpc) is 2.80. The van der Waals surface area contributed by atoms with E-state index in [4.69, 9.17) is 4.84 Å². The van der Waals surface area contributed by atoms with Gasteiger partial charge in [-0.15, -0.1) is 0 Å². The lowest BCUT2D eigenvalue weighted by atomic mass is 9.71. The van der Waals surface area contributed by atoms with Crippen molar-refractivity contribution in [3.63, 3.8) is 0 Å². The highest BCUT2D eigenvalue weighted by Crippen LogP contribution is 2.46. The largest absolute Gasteiger partial charge is 0.295 e. The molecule has 0 aromatic heterocycles. The second-order valence-corrected chi connectivity index (χ2v) is 5.02. The molecule has 0 bridgehead atoms. The Balaban J connectivity index is 1.91. The fraction of sp³-hybridized carbons (Fsp3) is 0.571. The van der Waals surface area contributed by atoms with E-state index >= 15 is 0 Å². The van der Waals surface area contributed by atoms with Crippen LogP contribution in [-0.4, -0.2) is 12.1 Å². The van der Waals surface area contributed by atoms with Gasteiger partial charge in [0, 0.05) is 12.5 Å². The predicted molar refractivity (Wildman–Crippen MR) is 64.1 cm³/mol. The van der Waals surface area contributed by atoms with Crippen LogP contribution >= 0.6 is 0 Å². The molecule has 1 aromatic rings. The lowest BCUT2D eigenvalue weighted by Crippen LogP contribution is -2.39. The Labute approximate surface area is 97.0 Å². The summed E-state index contributed by atoms with van der Waals surface area (Å²) >= 11 is 0. The monoisotopic (exact) mass is 217 g/mol. The summed E-state index contributed by atoms with van der Waals surface area (Å²) in [6, 6.07) is 10.9. The van der Waals surface area contributed by atoms with E-state index in [1.54, 1.807) is 0 Å². The summed E-state index contributed by atoms with van der Waals surface area (Å²) in [6.45, 7) is 1.00. The van der Waals surface area contributed by atoms with Crippen LogP contribution in [0.15, 0.2) is 30.3 Å². The number of hydrogen-bond acceptors (Lipinski definition) is 2. The lowest BCUT2D eigenvalue weighted by Gasteiger charge is -2.39. The van der Waals surface area contributed by atoms with Gasteiger partial charge in [0.05, 0.1) is 5.60 Å². The van der Waals surface area contributed by atoms with Crippen LogP contribution in [0.1, 0.15) is 43.6 Å². The van der Waals surface area contributed by atoms with Crippen molar-refractivity contribution in [2.24, 2.45) is 0 Å². The molecule has 2 nitrogen and oxygen atoms in total. The van der Waals surface area contributed by atoms with E-state index in [1.807, 2.05) is 0 Å². The van der Waals surface area contributed by atoms with Crippen LogP contribution in [0.4, 0.5) is 0 Å². The quantitative estimate of drug-likeness (QED) is 0.780. The molecule has 0 radical (unpaired) electrons. The standard InChI is InChI=1S/C14H19NO/c1-2-6-12(7-3-1)13-8-4-5-9-14(13)10-11-15-16-14/h1-3,6-7,13,15H,4-5,8-11H2. The van der Waals surface area contributed by atoms with Gasteiger partial charge in [-0.1, -0.05) is 43.2 Å². The van der Waals surface area contributed by atoms with E-state index in [0.717, 1.165) is 13.0 Å². The van der Waals surface area contributed by atoms with Gasteiger partial charge in [-0.3, -0.25) is 4.84 Å². The highest BCUT2D eigenvalue weighted by atomic mass is 16.7. The number of rotatable bonds is 1. The highest BCUT2D eigenvalue weighted by molar-refractivity contribution is 5.24. The van der Waals surface area contributed by atoms with Crippen molar-refractivity contribution in [2.45, 2.75) is 43.6 Å². The fourth-order valence-electron chi connectivity index (χ4n) is 3.30. The summed E-state index contributed by atoms with van der Waals surface area (Å²) in [5.41, 5.74) is 4.62. The van der Waals surface area contributed by atoms with E-state index in [0.29, 0.717) is 5.92 Å². The van der Waals surface area contributed by atoms with Crippen LogP contribution in [-0.2, 0) is 4.84 Å². The molecule has 2 fully saturated rings. The molecule has 16 heavy (non-hydrogen) atoms. The summed E-state index contributed by atoms with van der Waals surface area (Å²) in [7, 11) is 0. The molecule has 0 amide bonds. The molecule has 86 valence electrons. The molecule has 2 heteroatoms. The fourth-order valence-corrected chi connectivity index (χ4v) is 3.30. The van der Waals surface area contributed by atoms with Gasteiger partial charge in [0.15, 0.2) is 0 Å². The van der Waals surface area contributed by atoms with E-state index in [1.165, 1.54) is 31.2 Å². The van der Waals surface area contributed by atoms with Crippen LogP contribution in [0, 0.1) is 0 Å². The molecule has 1 spiro atoms. The Morgan fingerprint density at radius 1 is 1.12 bits per heavy atom. The Morgan fingerprint density at radius 2 is 2.00 bits per heavy atom. The molecular weight excluding hydrogens is 198 g/mol. The van der Waals surface area contributed by atoms with Crippen molar-refractivity contribution >= 4 is 0 Å². The zero-order chi connectivity index (χ0) is 10.8. The van der Waals surface area contributed by atoms with Gasteiger partial charge < -0.3 is 0 Å². The Bertz CT molecular complexity index is 343. The summed E-state index contributed by atoms with van der Waals surface area (Å²) in [6.07, 6.45) is 6.29. The minimum Gasteiger partial charge on any atom is -0.295 e. The topological polar surface area (TPSA) is 21.3 Å². The van der Waals surface area contributed by atoms with Crippen molar-refractivity contribution in [3.8, 4) is 0 Å². The third kappa shape index (κ3) is 1.66. The summed E-state index contributed by atoms with van der Waals surface area (Å²) in [5.74, 6) is 0.581. The van der Waals surface area contributed by atoms with Gasteiger partial charge >= 0.3 is 0 Å². The van der Waals surface area contributed by atoms with Gasteiger partial charge in [-0.25, -0.2) is 5.48 Å². The van der Waals surface area contributed by atoms with Gasteiger partial charge in [0.2, 0.25) is 0 Å². The van der Waals surface area contributed by atoms with Crippen LogP contribution in [0.5, 0.6) is 0 Å². The number of hydrogen-bond donors (Lipinski definition) is 1. The van der Waals surface area contributed by atoms with E-state index in [2.05, 4.69) is 35.8 Å². The zero-order valence-corrected chi connectivity index (χ0v) is 9.61. The Kier molecular flexibility index (Phi) is 2.70. The molecule has 2 unspecified atom stereocenters. The second-order valence-electron chi connectivity index (χ2n) is 5.02. The maximum Gasteiger partial charge on any atom is 0.0977 e. The number of benzene rings is 1. The summed E-state index contributed by atoms with van der Waals surface area (Å²) in [5, 5.41) is 0. The molecule has 2 atom stereocenters. The van der Waals surface area contributed by atoms with Crippen molar-refractivity contribution in [3.05, 3.63) is 35.9 Å². The average molecular weight is 217 g/mol.